The van der Waals surface area contributed by atoms with Gasteiger partial charge in [-0.15, -0.1) is 0 Å². The largest absolute Gasteiger partial charge is 0.369 e. The molecule has 0 saturated carbocycles. The van der Waals surface area contributed by atoms with Gasteiger partial charge in [-0.25, -0.2) is 14.4 Å². The van der Waals surface area contributed by atoms with E-state index >= 15 is 0 Å². The average molecular weight is 534 g/mol. The lowest BCUT2D eigenvalue weighted by Crippen LogP contribution is -2.49. The Morgan fingerprint density at radius 3 is 2.51 bits per heavy atom. The van der Waals surface area contributed by atoms with Crippen LogP contribution in [0.5, 0.6) is 0 Å². The van der Waals surface area contributed by atoms with Crippen LogP contribution in [-0.4, -0.2) is 53.5 Å². The smallest absolute Gasteiger partial charge is 0.224 e. The van der Waals surface area contributed by atoms with Crippen LogP contribution in [-0.2, 0) is 4.79 Å². The SMILES string of the molecule is O=C(CCNc1nc(-c2cccc(Br)c2)nc2ccccc12)N1CCN(c2ccccc2F)CC1. The second-order valence-electron chi connectivity index (χ2n) is 8.42. The van der Waals surface area contributed by atoms with Crippen molar-refractivity contribution in [2.75, 3.05) is 42.9 Å². The summed E-state index contributed by atoms with van der Waals surface area (Å²) in [4.78, 5) is 26.2. The molecule has 0 spiro atoms. The fourth-order valence-corrected chi connectivity index (χ4v) is 4.72. The van der Waals surface area contributed by atoms with Crippen LogP contribution in [0.2, 0.25) is 0 Å². The molecule has 0 unspecified atom stereocenters. The molecule has 1 saturated heterocycles. The first kappa shape index (κ1) is 23.2. The third-order valence-corrected chi connectivity index (χ3v) is 6.64. The number of carbonyl (C=O) groups excluding carboxylic acids is 1. The Morgan fingerprint density at radius 2 is 1.71 bits per heavy atom. The zero-order chi connectivity index (χ0) is 24.2. The summed E-state index contributed by atoms with van der Waals surface area (Å²) in [6.07, 6.45) is 0.351. The molecule has 3 aromatic carbocycles. The number of fused-ring (bicyclic) bond motifs is 1. The number of para-hydroxylation sites is 2. The van der Waals surface area contributed by atoms with Crippen molar-refractivity contribution in [3.63, 3.8) is 0 Å². The maximum Gasteiger partial charge on any atom is 0.224 e. The summed E-state index contributed by atoms with van der Waals surface area (Å²) in [5.41, 5.74) is 2.35. The molecule has 0 radical (unpaired) electrons. The molecular weight excluding hydrogens is 509 g/mol. The topological polar surface area (TPSA) is 61.4 Å². The predicted molar refractivity (Wildman–Crippen MR) is 141 cm³/mol. The fraction of sp³-hybridized carbons (Fsp3) is 0.222. The molecule has 4 aromatic rings. The van der Waals surface area contributed by atoms with E-state index in [1.54, 1.807) is 12.1 Å². The van der Waals surface area contributed by atoms with E-state index in [9.17, 15) is 9.18 Å². The van der Waals surface area contributed by atoms with Crippen LogP contribution >= 0.6 is 15.9 Å². The fourth-order valence-electron chi connectivity index (χ4n) is 4.32. The first-order valence-corrected chi connectivity index (χ1v) is 12.4. The van der Waals surface area contributed by atoms with Crippen LogP contribution in [0.15, 0.2) is 77.3 Å². The maximum absolute atomic E-state index is 14.1. The number of nitrogens with zero attached hydrogens (tertiary/aromatic N) is 4. The zero-order valence-electron chi connectivity index (χ0n) is 19.1. The van der Waals surface area contributed by atoms with E-state index in [-0.39, 0.29) is 11.7 Å². The number of halogens is 2. The van der Waals surface area contributed by atoms with Gasteiger partial charge in [-0.3, -0.25) is 4.79 Å². The molecule has 0 atom stereocenters. The number of anilines is 2. The van der Waals surface area contributed by atoms with Crippen molar-refractivity contribution >= 4 is 44.2 Å². The normalized spacial score (nSPS) is 13.8. The van der Waals surface area contributed by atoms with Crippen LogP contribution in [0.1, 0.15) is 6.42 Å². The van der Waals surface area contributed by atoms with Gasteiger partial charge in [0.1, 0.15) is 11.6 Å². The van der Waals surface area contributed by atoms with Crippen LogP contribution in [0.3, 0.4) is 0 Å². The molecule has 6 nitrogen and oxygen atoms in total. The summed E-state index contributed by atoms with van der Waals surface area (Å²) in [5.74, 6) is 1.19. The molecule has 178 valence electrons. The number of piperazine rings is 1. The highest BCUT2D eigenvalue weighted by Gasteiger charge is 2.22. The van der Waals surface area contributed by atoms with Crippen LogP contribution in [0, 0.1) is 5.82 Å². The summed E-state index contributed by atoms with van der Waals surface area (Å²) >= 11 is 3.51. The van der Waals surface area contributed by atoms with Crippen molar-refractivity contribution < 1.29 is 9.18 Å². The standard InChI is InChI=1S/C27H25BrFN5O/c28-20-7-5-6-19(18-20)26-31-23-10-3-1-8-21(23)27(32-26)30-13-12-25(35)34-16-14-33(15-17-34)24-11-4-2-9-22(24)29/h1-11,18H,12-17H2,(H,30,31,32). The molecule has 1 N–H and O–H groups in total. The van der Waals surface area contributed by atoms with Gasteiger partial charge in [0.25, 0.3) is 0 Å². The molecule has 0 aliphatic carbocycles. The quantitative estimate of drug-likeness (QED) is 0.362. The van der Waals surface area contributed by atoms with Crippen molar-refractivity contribution in [3.05, 3.63) is 83.1 Å². The molecule has 1 amide bonds. The lowest BCUT2D eigenvalue weighted by molar-refractivity contribution is -0.131. The Kier molecular flexibility index (Phi) is 6.90. The minimum Gasteiger partial charge on any atom is -0.369 e. The van der Waals surface area contributed by atoms with E-state index in [2.05, 4.69) is 21.2 Å². The van der Waals surface area contributed by atoms with Crippen molar-refractivity contribution in [2.45, 2.75) is 6.42 Å². The number of hydrogen-bond donors (Lipinski definition) is 1. The molecule has 8 heteroatoms. The van der Waals surface area contributed by atoms with E-state index < -0.39 is 0 Å². The van der Waals surface area contributed by atoms with Gasteiger partial charge in [-0.05, 0) is 36.4 Å². The van der Waals surface area contributed by atoms with E-state index in [1.165, 1.54) is 6.07 Å². The van der Waals surface area contributed by atoms with E-state index in [1.807, 2.05) is 64.4 Å². The minimum absolute atomic E-state index is 0.0799. The highest BCUT2D eigenvalue weighted by atomic mass is 79.9. The van der Waals surface area contributed by atoms with Crippen LogP contribution < -0.4 is 10.2 Å². The Morgan fingerprint density at radius 1 is 0.943 bits per heavy atom. The average Bonchev–Trinajstić information content (AvgIpc) is 2.89. The summed E-state index contributed by atoms with van der Waals surface area (Å²) < 4.78 is 15.0. The Bertz CT molecular complexity index is 1360. The molecule has 0 bridgehead atoms. The van der Waals surface area contributed by atoms with Crippen LogP contribution in [0.4, 0.5) is 15.9 Å². The number of carbonyl (C=O) groups is 1. The van der Waals surface area contributed by atoms with Crippen molar-refractivity contribution in [1.29, 1.82) is 0 Å². The maximum atomic E-state index is 14.1. The molecule has 35 heavy (non-hydrogen) atoms. The number of benzene rings is 3. The number of aromatic nitrogens is 2. The second-order valence-corrected chi connectivity index (χ2v) is 9.34. The minimum atomic E-state index is -0.226. The molecule has 1 aliphatic heterocycles. The predicted octanol–water partition coefficient (Wildman–Crippen LogP) is 5.35. The Hall–Kier alpha value is -3.52. The molecular formula is C27H25BrFN5O. The molecule has 5 rings (SSSR count). The van der Waals surface area contributed by atoms with Gasteiger partial charge in [0, 0.05) is 54.6 Å². The van der Waals surface area contributed by atoms with Gasteiger partial charge in [0.05, 0.1) is 11.2 Å². The molecule has 1 aromatic heterocycles. The highest BCUT2D eigenvalue weighted by Crippen LogP contribution is 2.26. The van der Waals surface area contributed by atoms with Gasteiger partial charge in [0.15, 0.2) is 5.82 Å². The summed E-state index contributed by atoms with van der Waals surface area (Å²) in [7, 11) is 0. The summed E-state index contributed by atoms with van der Waals surface area (Å²) in [6, 6.07) is 22.5. The third-order valence-electron chi connectivity index (χ3n) is 6.14. The summed E-state index contributed by atoms with van der Waals surface area (Å²) in [6.45, 7) is 2.86. The van der Waals surface area contributed by atoms with Crippen molar-refractivity contribution in [3.8, 4) is 11.4 Å². The number of nitrogens with one attached hydrogen (secondary N) is 1. The molecule has 1 aliphatic rings. The monoisotopic (exact) mass is 533 g/mol. The zero-order valence-corrected chi connectivity index (χ0v) is 20.7. The lowest BCUT2D eigenvalue weighted by Gasteiger charge is -2.36. The molecule has 2 heterocycles. The van der Waals surface area contributed by atoms with Crippen LogP contribution in [0.25, 0.3) is 22.3 Å². The first-order chi connectivity index (χ1) is 17.1. The Labute approximate surface area is 211 Å². The molecule has 1 fully saturated rings. The second kappa shape index (κ2) is 10.4. The van der Waals surface area contributed by atoms with E-state index in [0.717, 1.165) is 20.9 Å². The number of amides is 1. The van der Waals surface area contributed by atoms with E-state index in [4.69, 9.17) is 9.97 Å². The summed E-state index contributed by atoms with van der Waals surface area (Å²) in [5, 5.41) is 4.27. The highest BCUT2D eigenvalue weighted by molar-refractivity contribution is 9.10. The van der Waals surface area contributed by atoms with Crippen molar-refractivity contribution in [1.82, 2.24) is 14.9 Å². The first-order valence-electron chi connectivity index (χ1n) is 11.6. The third kappa shape index (κ3) is 5.27. The Balaban J connectivity index is 1.23. The van der Waals surface area contributed by atoms with Gasteiger partial charge < -0.3 is 15.1 Å². The van der Waals surface area contributed by atoms with Gasteiger partial charge >= 0.3 is 0 Å². The van der Waals surface area contributed by atoms with Gasteiger partial charge in [-0.2, -0.15) is 0 Å². The van der Waals surface area contributed by atoms with Crippen molar-refractivity contribution in [2.24, 2.45) is 0 Å². The van der Waals surface area contributed by atoms with Gasteiger partial charge in [-0.1, -0.05) is 52.3 Å². The van der Waals surface area contributed by atoms with Gasteiger partial charge in [0.2, 0.25) is 5.91 Å². The number of hydrogen-bond acceptors (Lipinski definition) is 5. The number of rotatable bonds is 6. The van der Waals surface area contributed by atoms with E-state index in [0.29, 0.717) is 56.5 Å². The lowest BCUT2D eigenvalue weighted by atomic mass is 10.2.